The van der Waals surface area contributed by atoms with Crippen LogP contribution in [0.2, 0.25) is 0 Å². The van der Waals surface area contributed by atoms with Crippen LogP contribution in [0.1, 0.15) is 22.8 Å². The van der Waals surface area contributed by atoms with Crippen molar-refractivity contribution in [2.45, 2.75) is 20.1 Å². The summed E-state index contributed by atoms with van der Waals surface area (Å²) in [5.41, 5.74) is 1.95. The lowest BCUT2D eigenvalue weighted by Crippen LogP contribution is -2.17. The van der Waals surface area contributed by atoms with Gasteiger partial charge in [-0.05, 0) is 26.0 Å². The molecule has 0 radical (unpaired) electrons. The first-order valence-electron chi connectivity index (χ1n) is 5.23. The van der Waals surface area contributed by atoms with Gasteiger partial charge in [-0.1, -0.05) is 17.7 Å². The fourth-order valence-electron chi connectivity index (χ4n) is 1.43. The number of hydrogen-bond donors (Lipinski definition) is 0. The predicted molar refractivity (Wildman–Crippen MR) is 60.2 cm³/mol. The Morgan fingerprint density at radius 3 is 2.41 bits per heavy atom. The maximum absolute atomic E-state index is 11.7. The summed E-state index contributed by atoms with van der Waals surface area (Å²) in [7, 11) is 0. The van der Waals surface area contributed by atoms with Gasteiger partial charge in [0.15, 0.2) is 0 Å². The van der Waals surface area contributed by atoms with E-state index >= 15 is 0 Å². The van der Waals surface area contributed by atoms with Gasteiger partial charge in [-0.3, -0.25) is 0 Å². The number of carbonyl (C=O) groups is 2. The molecule has 0 N–H and O–H groups in total. The van der Waals surface area contributed by atoms with Crippen LogP contribution in [0.3, 0.4) is 0 Å². The average Bonchev–Trinajstić information content (AvgIpc) is 2.58. The van der Waals surface area contributed by atoms with Gasteiger partial charge in [0.1, 0.15) is 0 Å². The highest BCUT2D eigenvalue weighted by Crippen LogP contribution is 2.15. The molecule has 0 saturated heterocycles. The first-order chi connectivity index (χ1) is 8.06. The minimum atomic E-state index is -0.906. The monoisotopic (exact) mass is 232 g/mol. The van der Waals surface area contributed by atoms with E-state index in [2.05, 4.69) is 0 Å². The maximum Gasteiger partial charge on any atom is 0.341 e. The number of carbonyl (C=O) groups excluding carboxylic acids is 2. The van der Waals surface area contributed by atoms with Crippen LogP contribution in [0.4, 0.5) is 0 Å². The van der Waals surface area contributed by atoms with E-state index in [0.29, 0.717) is 11.1 Å². The molecule has 0 spiro atoms. The first kappa shape index (κ1) is 11.4. The van der Waals surface area contributed by atoms with Gasteiger partial charge < -0.3 is 9.47 Å². The molecule has 1 aliphatic rings. The summed E-state index contributed by atoms with van der Waals surface area (Å²) >= 11 is 0. The molecule has 0 fully saturated rings. The lowest BCUT2D eigenvalue weighted by atomic mass is 10.1. The van der Waals surface area contributed by atoms with Gasteiger partial charge in [0.05, 0.1) is 5.56 Å². The molecular formula is C13H12O4. The molecule has 1 aromatic rings. The number of ether oxygens (including phenoxy) is 2. The molecule has 88 valence electrons. The summed E-state index contributed by atoms with van der Waals surface area (Å²) in [6, 6.07) is 6.98. The molecule has 0 aliphatic carbocycles. The van der Waals surface area contributed by atoms with E-state index in [1.54, 1.807) is 19.1 Å². The molecule has 0 aromatic heterocycles. The van der Waals surface area contributed by atoms with Gasteiger partial charge in [0, 0.05) is 11.6 Å². The van der Waals surface area contributed by atoms with E-state index in [1.165, 1.54) is 6.08 Å². The second-order valence-electron chi connectivity index (χ2n) is 3.89. The quantitative estimate of drug-likeness (QED) is 0.731. The Kier molecular flexibility index (Phi) is 2.95. The van der Waals surface area contributed by atoms with E-state index in [0.717, 1.165) is 5.56 Å². The number of cyclic esters (lactones) is 1. The van der Waals surface area contributed by atoms with Crippen molar-refractivity contribution in [2.75, 3.05) is 0 Å². The van der Waals surface area contributed by atoms with Crippen molar-refractivity contribution in [2.24, 2.45) is 0 Å². The van der Waals surface area contributed by atoms with Gasteiger partial charge in [0.2, 0.25) is 0 Å². The Morgan fingerprint density at radius 1 is 1.24 bits per heavy atom. The van der Waals surface area contributed by atoms with Crippen LogP contribution in [0.5, 0.6) is 0 Å². The molecule has 4 nitrogen and oxygen atoms in total. The second-order valence-corrected chi connectivity index (χ2v) is 3.89. The number of benzene rings is 1. The Bertz CT molecular complexity index is 485. The third kappa shape index (κ3) is 2.53. The minimum absolute atomic E-state index is 0.435. The van der Waals surface area contributed by atoms with Crippen LogP contribution in [-0.2, 0) is 14.3 Å². The number of aryl methyl sites for hydroxylation is 1. The third-order valence-corrected chi connectivity index (χ3v) is 2.44. The minimum Gasteiger partial charge on any atom is -0.418 e. The topological polar surface area (TPSA) is 52.6 Å². The first-order valence-corrected chi connectivity index (χ1v) is 5.23. The smallest absolute Gasteiger partial charge is 0.341 e. The molecule has 17 heavy (non-hydrogen) atoms. The second kappa shape index (κ2) is 4.41. The fraction of sp³-hybridized carbons (Fsp3) is 0.231. The lowest BCUT2D eigenvalue weighted by Gasteiger charge is -2.09. The van der Waals surface area contributed by atoms with Gasteiger partial charge in [-0.2, -0.15) is 0 Å². The van der Waals surface area contributed by atoms with E-state index in [4.69, 9.17) is 9.47 Å². The van der Waals surface area contributed by atoms with Crippen molar-refractivity contribution >= 4 is 11.9 Å². The summed E-state index contributed by atoms with van der Waals surface area (Å²) in [6.07, 6.45) is 0.574. The Labute approximate surface area is 98.8 Å². The van der Waals surface area contributed by atoms with E-state index < -0.39 is 18.2 Å². The summed E-state index contributed by atoms with van der Waals surface area (Å²) in [5.74, 6) is -0.958. The summed E-state index contributed by atoms with van der Waals surface area (Å²) < 4.78 is 9.83. The molecule has 1 heterocycles. The van der Waals surface area contributed by atoms with Gasteiger partial charge in [-0.25, -0.2) is 9.59 Å². The summed E-state index contributed by atoms with van der Waals surface area (Å²) in [4.78, 5) is 22.7. The Morgan fingerprint density at radius 2 is 1.88 bits per heavy atom. The summed E-state index contributed by atoms with van der Waals surface area (Å²) in [6.45, 7) is 3.54. The Balaban J connectivity index is 2.03. The van der Waals surface area contributed by atoms with Crippen LogP contribution in [0, 0.1) is 6.92 Å². The zero-order valence-electron chi connectivity index (χ0n) is 9.60. The highest BCUT2D eigenvalue weighted by molar-refractivity contribution is 5.92. The highest BCUT2D eigenvalue weighted by Gasteiger charge is 2.25. The van der Waals surface area contributed by atoms with Crippen molar-refractivity contribution < 1.29 is 19.1 Å². The van der Waals surface area contributed by atoms with E-state index in [9.17, 15) is 9.59 Å². The van der Waals surface area contributed by atoms with Crippen LogP contribution in [0.15, 0.2) is 35.9 Å². The molecular weight excluding hydrogens is 220 g/mol. The van der Waals surface area contributed by atoms with Crippen molar-refractivity contribution in [3.8, 4) is 0 Å². The highest BCUT2D eigenvalue weighted by atomic mass is 16.7. The zero-order chi connectivity index (χ0) is 12.4. The molecule has 1 atom stereocenters. The number of hydrogen-bond acceptors (Lipinski definition) is 4. The van der Waals surface area contributed by atoms with Crippen LogP contribution in [0.25, 0.3) is 0 Å². The molecule has 1 aliphatic heterocycles. The van der Waals surface area contributed by atoms with Crippen molar-refractivity contribution in [1.82, 2.24) is 0 Å². The molecule has 0 bridgehead atoms. The molecule has 1 unspecified atom stereocenters. The van der Waals surface area contributed by atoms with Crippen molar-refractivity contribution in [1.29, 1.82) is 0 Å². The van der Waals surface area contributed by atoms with E-state index in [-0.39, 0.29) is 0 Å². The molecule has 0 saturated carbocycles. The standard InChI is InChI=1S/C13H12O4/c1-8-3-5-10(6-4-8)13(15)17-11-7-9(2)12(14)16-11/h3-7,11H,1-2H3. The number of rotatable bonds is 2. The van der Waals surface area contributed by atoms with Crippen molar-refractivity contribution in [3.63, 3.8) is 0 Å². The molecule has 4 heteroatoms. The lowest BCUT2D eigenvalue weighted by molar-refractivity contribution is -0.151. The predicted octanol–water partition coefficient (Wildman–Crippen LogP) is 1.98. The molecule has 2 rings (SSSR count). The van der Waals surface area contributed by atoms with Gasteiger partial charge in [-0.15, -0.1) is 0 Å². The van der Waals surface area contributed by atoms with Crippen LogP contribution in [-0.4, -0.2) is 18.2 Å². The van der Waals surface area contributed by atoms with Gasteiger partial charge >= 0.3 is 11.9 Å². The maximum atomic E-state index is 11.7. The number of esters is 2. The SMILES string of the molecule is CC1=CC(OC(=O)c2ccc(C)cc2)OC1=O. The van der Waals surface area contributed by atoms with Crippen molar-refractivity contribution in [3.05, 3.63) is 47.0 Å². The molecule has 1 aromatic carbocycles. The van der Waals surface area contributed by atoms with E-state index in [1.807, 2.05) is 19.1 Å². The normalized spacial score (nSPS) is 18.6. The fourth-order valence-corrected chi connectivity index (χ4v) is 1.43. The zero-order valence-corrected chi connectivity index (χ0v) is 9.60. The molecule has 0 amide bonds. The average molecular weight is 232 g/mol. The van der Waals surface area contributed by atoms with Crippen LogP contribution >= 0.6 is 0 Å². The summed E-state index contributed by atoms with van der Waals surface area (Å²) in [5, 5.41) is 0. The van der Waals surface area contributed by atoms with Crippen LogP contribution < -0.4 is 0 Å². The Hall–Kier alpha value is -2.10. The van der Waals surface area contributed by atoms with Gasteiger partial charge in [0.25, 0.3) is 6.29 Å². The third-order valence-electron chi connectivity index (χ3n) is 2.44. The largest absolute Gasteiger partial charge is 0.418 e.